The van der Waals surface area contributed by atoms with Crippen molar-refractivity contribution < 1.29 is 5.21 Å². The van der Waals surface area contributed by atoms with Crippen LogP contribution in [0.5, 0.6) is 0 Å². The highest BCUT2D eigenvalue weighted by atomic mass is 16.5. The quantitative estimate of drug-likeness (QED) is 0.500. The van der Waals surface area contributed by atoms with Gasteiger partial charge in [-0.3, -0.25) is 0 Å². The smallest absolute Gasteiger partial charge is 0.0238 e. The Labute approximate surface area is 43.5 Å². The molecule has 0 heterocycles. The Balaban J connectivity index is 1.98. The molecule has 42 valence electrons. The summed E-state index contributed by atoms with van der Waals surface area (Å²) < 4.78 is 0. The monoisotopic (exact) mass is 101 g/mol. The first-order valence-electron chi connectivity index (χ1n) is 2.71. The van der Waals surface area contributed by atoms with E-state index in [0.717, 1.165) is 18.4 Å². The van der Waals surface area contributed by atoms with E-state index in [1.807, 2.05) is 0 Å². The fraction of sp³-hybridized carbons (Fsp3) is 1.00. The van der Waals surface area contributed by atoms with Crippen LogP contribution >= 0.6 is 0 Å². The summed E-state index contributed by atoms with van der Waals surface area (Å²) in [5.74, 6) is 1.60. The maximum Gasteiger partial charge on any atom is 0.0238 e. The first-order valence-corrected chi connectivity index (χ1v) is 2.71. The van der Waals surface area contributed by atoms with Gasteiger partial charge in [-0.1, -0.05) is 6.92 Å². The second-order valence-electron chi connectivity index (χ2n) is 2.34. The van der Waals surface area contributed by atoms with Crippen molar-refractivity contribution in [2.45, 2.75) is 13.3 Å². The van der Waals surface area contributed by atoms with Gasteiger partial charge in [-0.25, -0.2) is 5.48 Å². The van der Waals surface area contributed by atoms with Crippen LogP contribution < -0.4 is 5.48 Å². The van der Waals surface area contributed by atoms with Gasteiger partial charge in [-0.2, -0.15) is 0 Å². The van der Waals surface area contributed by atoms with Gasteiger partial charge in [0.2, 0.25) is 0 Å². The summed E-state index contributed by atoms with van der Waals surface area (Å²) in [7, 11) is 0. The molecule has 0 radical (unpaired) electrons. The molecule has 0 aromatic rings. The van der Waals surface area contributed by atoms with Crippen LogP contribution in [0.2, 0.25) is 0 Å². The molecule has 2 N–H and O–H groups in total. The van der Waals surface area contributed by atoms with E-state index in [9.17, 15) is 0 Å². The predicted molar refractivity (Wildman–Crippen MR) is 27.1 cm³/mol. The largest absolute Gasteiger partial charge is 0.317 e. The average Bonchev–Trinajstić information content (AvgIpc) is 2.22. The molecule has 2 nitrogen and oxygen atoms in total. The molecule has 0 aromatic carbocycles. The molecule has 1 aliphatic rings. The highest BCUT2D eigenvalue weighted by Gasteiger charge is 2.31. The molecule has 1 fully saturated rings. The standard InChI is InChI=1S/C5H11NO/c1-4-2-5(4)3-6-7/h4-7H,2-3H2,1H3/t4-,5+/m0/s1. The highest BCUT2D eigenvalue weighted by Crippen LogP contribution is 2.36. The molecule has 0 unspecified atom stereocenters. The fourth-order valence-electron chi connectivity index (χ4n) is 0.801. The van der Waals surface area contributed by atoms with Crippen molar-refractivity contribution in [3.63, 3.8) is 0 Å². The van der Waals surface area contributed by atoms with Gasteiger partial charge < -0.3 is 5.21 Å². The van der Waals surface area contributed by atoms with Gasteiger partial charge in [0.1, 0.15) is 0 Å². The first-order chi connectivity index (χ1) is 3.34. The van der Waals surface area contributed by atoms with Gasteiger partial charge in [0.15, 0.2) is 0 Å². The van der Waals surface area contributed by atoms with Crippen LogP contribution in [0.4, 0.5) is 0 Å². The molecule has 0 saturated heterocycles. The summed E-state index contributed by atoms with van der Waals surface area (Å²) in [6, 6.07) is 0. The SMILES string of the molecule is C[C@H]1C[C@@H]1CNO. The van der Waals surface area contributed by atoms with Crippen molar-refractivity contribution >= 4 is 0 Å². The van der Waals surface area contributed by atoms with Crippen LogP contribution in [0.1, 0.15) is 13.3 Å². The number of rotatable bonds is 2. The molecular formula is C5H11NO. The Morgan fingerprint density at radius 2 is 2.43 bits per heavy atom. The lowest BCUT2D eigenvalue weighted by atomic mass is 10.3. The van der Waals surface area contributed by atoms with Gasteiger partial charge >= 0.3 is 0 Å². The lowest BCUT2D eigenvalue weighted by Gasteiger charge is -1.89. The Morgan fingerprint density at radius 1 is 1.86 bits per heavy atom. The minimum Gasteiger partial charge on any atom is -0.317 e. The van der Waals surface area contributed by atoms with Crippen molar-refractivity contribution in [3.8, 4) is 0 Å². The Hall–Kier alpha value is -0.0800. The third-order valence-electron chi connectivity index (χ3n) is 1.63. The molecule has 0 aliphatic heterocycles. The number of nitrogens with one attached hydrogen (secondary N) is 1. The summed E-state index contributed by atoms with van der Waals surface area (Å²) >= 11 is 0. The summed E-state index contributed by atoms with van der Waals surface area (Å²) in [6.45, 7) is 2.98. The van der Waals surface area contributed by atoms with Crippen LogP contribution in [0.25, 0.3) is 0 Å². The van der Waals surface area contributed by atoms with E-state index in [-0.39, 0.29) is 0 Å². The van der Waals surface area contributed by atoms with Crippen molar-refractivity contribution in [1.29, 1.82) is 0 Å². The normalized spacial score (nSPS) is 38.6. The van der Waals surface area contributed by atoms with E-state index >= 15 is 0 Å². The maximum absolute atomic E-state index is 8.14. The topological polar surface area (TPSA) is 32.3 Å². The highest BCUT2D eigenvalue weighted by molar-refractivity contribution is 4.82. The molecule has 1 rings (SSSR count). The van der Waals surface area contributed by atoms with Gasteiger partial charge in [0.05, 0.1) is 0 Å². The Morgan fingerprint density at radius 3 is 2.57 bits per heavy atom. The molecule has 2 atom stereocenters. The van der Waals surface area contributed by atoms with Gasteiger partial charge in [0.25, 0.3) is 0 Å². The molecule has 0 bridgehead atoms. The Kier molecular flexibility index (Phi) is 1.30. The Bertz CT molecular complexity index is 65.1. The summed E-state index contributed by atoms with van der Waals surface area (Å²) in [6.07, 6.45) is 1.29. The summed E-state index contributed by atoms with van der Waals surface area (Å²) in [5, 5.41) is 8.14. The lowest BCUT2D eigenvalue weighted by molar-refractivity contribution is 0.160. The van der Waals surface area contributed by atoms with Crippen LogP contribution in [0, 0.1) is 11.8 Å². The summed E-state index contributed by atoms with van der Waals surface area (Å²) in [5.41, 5.74) is 2.16. The van der Waals surface area contributed by atoms with Crippen LogP contribution in [-0.2, 0) is 0 Å². The molecule has 0 aromatic heterocycles. The second-order valence-corrected chi connectivity index (χ2v) is 2.34. The number of hydrogen-bond donors (Lipinski definition) is 2. The van der Waals surface area contributed by atoms with Crippen LogP contribution in [0.15, 0.2) is 0 Å². The first kappa shape index (κ1) is 5.06. The molecule has 0 amide bonds. The van der Waals surface area contributed by atoms with E-state index in [1.165, 1.54) is 6.42 Å². The van der Waals surface area contributed by atoms with Crippen molar-refractivity contribution in [1.82, 2.24) is 5.48 Å². The number of hydroxylamine groups is 1. The minimum atomic E-state index is 0.755. The average molecular weight is 101 g/mol. The van der Waals surface area contributed by atoms with Crippen molar-refractivity contribution in [2.75, 3.05) is 6.54 Å². The molecule has 0 spiro atoms. The fourth-order valence-corrected chi connectivity index (χ4v) is 0.801. The van der Waals surface area contributed by atoms with Crippen molar-refractivity contribution in [3.05, 3.63) is 0 Å². The van der Waals surface area contributed by atoms with Crippen LogP contribution in [-0.4, -0.2) is 11.8 Å². The molecule has 1 aliphatic carbocycles. The van der Waals surface area contributed by atoms with Gasteiger partial charge in [0, 0.05) is 6.54 Å². The predicted octanol–water partition coefficient (Wildman–Crippen LogP) is 0.621. The van der Waals surface area contributed by atoms with E-state index in [1.54, 1.807) is 0 Å². The van der Waals surface area contributed by atoms with E-state index < -0.39 is 0 Å². The minimum absolute atomic E-state index is 0.755. The third-order valence-corrected chi connectivity index (χ3v) is 1.63. The third kappa shape index (κ3) is 1.14. The second kappa shape index (κ2) is 1.80. The maximum atomic E-state index is 8.14. The summed E-state index contributed by atoms with van der Waals surface area (Å²) in [4.78, 5) is 0. The molecule has 1 saturated carbocycles. The molecule has 7 heavy (non-hydrogen) atoms. The van der Waals surface area contributed by atoms with Gasteiger partial charge in [-0.15, -0.1) is 0 Å². The van der Waals surface area contributed by atoms with E-state index in [0.29, 0.717) is 0 Å². The van der Waals surface area contributed by atoms with Crippen LogP contribution in [0.3, 0.4) is 0 Å². The molecular weight excluding hydrogens is 90.1 g/mol. The zero-order chi connectivity index (χ0) is 5.28. The molecule has 2 heteroatoms. The van der Waals surface area contributed by atoms with Gasteiger partial charge in [-0.05, 0) is 18.3 Å². The lowest BCUT2D eigenvalue weighted by Crippen LogP contribution is -2.10. The van der Waals surface area contributed by atoms with Crippen molar-refractivity contribution in [2.24, 2.45) is 11.8 Å². The zero-order valence-electron chi connectivity index (χ0n) is 4.52. The van der Waals surface area contributed by atoms with E-state index in [4.69, 9.17) is 5.21 Å². The number of hydrogen-bond acceptors (Lipinski definition) is 2. The zero-order valence-corrected chi connectivity index (χ0v) is 4.52. The van der Waals surface area contributed by atoms with E-state index in [2.05, 4.69) is 12.4 Å².